The van der Waals surface area contributed by atoms with Gasteiger partial charge >= 0.3 is 0 Å². The van der Waals surface area contributed by atoms with Crippen LogP contribution in [0.4, 0.5) is 21.6 Å². The minimum Gasteiger partial charge on any atom is -0.397 e. The molecule has 2 rings (SSSR count). The van der Waals surface area contributed by atoms with Crippen molar-refractivity contribution in [2.75, 3.05) is 11.1 Å². The number of hydrogen-bond acceptors (Lipinski definition) is 3. The van der Waals surface area contributed by atoms with Gasteiger partial charge < -0.3 is 11.1 Å². The van der Waals surface area contributed by atoms with Crippen LogP contribution in [0.5, 0.6) is 0 Å². The molecule has 82 valence electrons. The summed E-state index contributed by atoms with van der Waals surface area (Å²) in [5, 5.41) is 2.90. The Morgan fingerprint density at radius 3 is 2.62 bits per heavy atom. The number of halogens is 1. The van der Waals surface area contributed by atoms with Crippen LogP contribution in [0.2, 0.25) is 0 Å². The van der Waals surface area contributed by atoms with Crippen LogP contribution in [0.1, 0.15) is 5.69 Å². The Balaban J connectivity index is 2.28. The molecule has 0 saturated carbocycles. The Bertz CT molecular complexity index is 511. The van der Waals surface area contributed by atoms with E-state index in [0.717, 1.165) is 5.69 Å². The topological polar surface area (TPSA) is 50.9 Å². The zero-order valence-corrected chi connectivity index (χ0v) is 8.87. The highest BCUT2D eigenvalue weighted by atomic mass is 19.1. The summed E-state index contributed by atoms with van der Waals surface area (Å²) in [7, 11) is 0. The van der Waals surface area contributed by atoms with Crippen molar-refractivity contribution in [2.45, 2.75) is 6.92 Å². The fourth-order valence-electron chi connectivity index (χ4n) is 1.34. The molecule has 0 aliphatic rings. The third-order valence-electron chi connectivity index (χ3n) is 2.26. The first-order chi connectivity index (χ1) is 7.66. The van der Waals surface area contributed by atoms with Crippen LogP contribution < -0.4 is 11.1 Å². The van der Waals surface area contributed by atoms with Gasteiger partial charge in [0, 0.05) is 0 Å². The number of nitrogens with zero attached hydrogens (tertiary/aromatic N) is 1. The summed E-state index contributed by atoms with van der Waals surface area (Å²) in [4.78, 5) is 4.21. The van der Waals surface area contributed by atoms with Gasteiger partial charge in [-0.2, -0.15) is 0 Å². The Kier molecular flexibility index (Phi) is 2.72. The van der Waals surface area contributed by atoms with Crippen LogP contribution in [0.3, 0.4) is 0 Å². The molecule has 0 fully saturated rings. The summed E-state index contributed by atoms with van der Waals surface area (Å²) in [5.74, 6) is 0.274. The second-order valence-electron chi connectivity index (χ2n) is 3.48. The van der Waals surface area contributed by atoms with Crippen LogP contribution in [0.15, 0.2) is 36.4 Å². The molecule has 3 N–H and O–H groups in total. The average Bonchev–Trinajstić information content (AvgIpc) is 2.27. The number of benzene rings is 1. The van der Waals surface area contributed by atoms with Crippen LogP contribution in [-0.2, 0) is 0 Å². The van der Waals surface area contributed by atoms with Gasteiger partial charge in [-0.3, -0.25) is 0 Å². The average molecular weight is 217 g/mol. The molecular weight excluding hydrogens is 205 g/mol. The maximum atomic E-state index is 13.3. The van der Waals surface area contributed by atoms with Crippen LogP contribution >= 0.6 is 0 Å². The molecule has 0 atom stereocenters. The van der Waals surface area contributed by atoms with Crippen molar-refractivity contribution < 1.29 is 4.39 Å². The Hall–Kier alpha value is -2.10. The lowest BCUT2D eigenvalue weighted by Gasteiger charge is -2.08. The SMILES string of the molecule is Cc1nc(Nc2ccccc2F)ccc1N. The number of aryl methyl sites for hydroxylation is 1. The number of nitrogens with two attached hydrogens (primary N) is 1. The van der Waals surface area contributed by atoms with Crippen LogP contribution in [0, 0.1) is 12.7 Å². The number of aromatic nitrogens is 1. The molecular formula is C12H12FN3. The third-order valence-corrected chi connectivity index (χ3v) is 2.26. The summed E-state index contributed by atoms with van der Waals surface area (Å²) in [5.41, 5.74) is 7.40. The highest BCUT2D eigenvalue weighted by molar-refractivity contribution is 5.59. The number of anilines is 3. The normalized spacial score (nSPS) is 10.1. The van der Waals surface area contributed by atoms with E-state index in [4.69, 9.17) is 5.73 Å². The van der Waals surface area contributed by atoms with E-state index in [1.165, 1.54) is 6.07 Å². The lowest BCUT2D eigenvalue weighted by Crippen LogP contribution is -1.99. The Morgan fingerprint density at radius 2 is 1.94 bits per heavy atom. The number of nitrogen functional groups attached to an aromatic ring is 1. The first kappa shape index (κ1) is 10.4. The smallest absolute Gasteiger partial charge is 0.146 e. The maximum absolute atomic E-state index is 13.3. The molecule has 0 spiro atoms. The zero-order valence-electron chi connectivity index (χ0n) is 8.87. The monoisotopic (exact) mass is 217 g/mol. The second-order valence-corrected chi connectivity index (χ2v) is 3.48. The molecule has 0 radical (unpaired) electrons. The number of rotatable bonds is 2. The van der Waals surface area contributed by atoms with Gasteiger partial charge in [-0.25, -0.2) is 9.37 Å². The summed E-state index contributed by atoms with van der Waals surface area (Å²) in [6.07, 6.45) is 0. The zero-order chi connectivity index (χ0) is 11.5. The first-order valence-electron chi connectivity index (χ1n) is 4.91. The first-order valence-corrected chi connectivity index (χ1v) is 4.91. The van der Waals surface area contributed by atoms with Crippen molar-refractivity contribution in [1.82, 2.24) is 4.98 Å². The molecule has 3 nitrogen and oxygen atoms in total. The standard InChI is InChI=1S/C12H12FN3/c1-8-10(14)6-7-12(15-8)16-11-5-3-2-4-9(11)13/h2-7H,14H2,1H3,(H,15,16). The van der Waals surface area contributed by atoms with Crippen molar-refractivity contribution in [3.05, 3.63) is 47.9 Å². The molecule has 1 heterocycles. The number of para-hydroxylation sites is 1. The lowest BCUT2D eigenvalue weighted by molar-refractivity contribution is 0.632. The molecule has 0 aliphatic heterocycles. The van der Waals surface area contributed by atoms with Crippen molar-refractivity contribution in [1.29, 1.82) is 0 Å². The Labute approximate surface area is 93.1 Å². The number of hydrogen-bond donors (Lipinski definition) is 2. The molecule has 0 aliphatic carbocycles. The quantitative estimate of drug-likeness (QED) is 0.813. The van der Waals surface area contributed by atoms with Gasteiger partial charge in [-0.1, -0.05) is 12.1 Å². The maximum Gasteiger partial charge on any atom is 0.146 e. The molecule has 2 aromatic rings. The van der Waals surface area contributed by atoms with Crippen LogP contribution in [-0.4, -0.2) is 4.98 Å². The van der Waals surface area contributed by atoms with Gasteiger partial charge in [0.15, 0.2) is 0 Å². The van der Waals surface area contributed by atoms with E-state index >= 15 is 0 Å². The van der Waals surface area contributed by atoms with E-state index in [1.807, 2.05) is 6.92 Å². The molecule has 0 saturated heterocycles. The van der Waals surface area contributed by atoms with Gasteiger partial charge in [0.1, 0.15) is 11.6 Å². The van der Waals surface area contributed by atoms with E-state index in [1.54, 1.807) is 30.3 Å². The molecule has 0 unspecified atom stereocenters. The highest BCUT2D eigenvalue weighted by Crippen LogP contribution is 2.19. The molecule has 0 bridgehead atoms. The molecule has 4 heteroatoms. The predicted octanol–water partition coefficient (Wildman–Crippen LogP) is 2.85. The molecule has 0 amide bonds. The van der Waals surface area contributed by atoms with Crippen LogP contribution in [0.25, 0.3) is 0 Å². The van der Waals surface area contributed by atoms with Gasteiger partial charge in [-0.05, 0) is 31.2 Å². The number of pyridine rings is 1. The van der Waals surface area contributed by atoms with Crippen molar-refractivity contribution >= 4 is 17.2 Å². The number of nitrogens with one attached hydrogen (secondary N) is 1. The summed E-state index contributed by atoms with van der Waals surface area (Å²) in [6.45, 7) is 1.81. The van der Waals surface area contributed by atoms with E-state index in [2.05, 4.69) is 10.3 Å². The lowest BCUT2D eigenvalue weighted by atomic mass is 10.3. The van der Waals surface area contributed by atoms with E-state index < -0.39 is 0 Å². The minimum atomic E-state index is -0.307. The van der Waals surface area contributed by atoms with Gasteiger partial charge in [0.05, 0.1) is 17.1 Å². The molecule has 16 heavy (non-hydrogen) atoms. The van der Waals surface area contributed by atoms with E-state index in [0.29, 0.717) is 17.2 Å². The second kappa shape index (κ2) is 4.18. The molecule has 1 aromatic carbocycles. The fourth-order valence-corrected chi connectivity index (χ4v) is 1.34. The largest absolute Gasteiger partial charge is 0.397 e. The fraction of sp³-hybridized carbons (Fsp3) is 0.0833. The predicted molar refractivity (Wildman–Crippen MR) is 63.1 cm³/mol. The Morgan fingerprint density at radius 1 is 1.19 bits per heavy atom. The molecule has 1 aromatic heterocycles. The minimum absolute atomic E-state index is 0.307. The van der Waals surface area contributed by atoms with Crippen molar-refractivity contribution in [3.8, 4) is 0 Å². The summed E-state index contributed by atoms with van der Waals surface area (Å²) < 4.78 is 13.3. The summed E-state index contributed by atoms with van der Waals surface area (Å²) >= 11 is 0. The van der Waals surface area contributed by atoms with E-state index in [-0.39, 0.29) is 5.82 Å². The highest BCUT2D eigenvalue weighted by Gasteiger charge is 2.02. The third kappa shape index (κ3) is 2.11. The van der Waals surface area contributed by atoms with E-state index in [9.17, 15) is 4.39 Å². The summed E-state index contributed by atoms with van der Waals surface area (Å²) in [6, 6.07) is 9.91. The van der Waals surface area contributed by atoms with Crippen molar-refractivity contribution in [3.63, 3.8) is 0 Å². The van der Waals surface area contributed by atoms with Gasteiger partial charge in [0.25, 0.3) is 0 Å². The van der Waals surface area contributed by atoms with Crippen molar-refractivity contribution in [2.24, 2.45) is 0 Å². The van der Waals surface area contributed by atoms with Gasteiger partial charge in [-0.15, -0.1) is 0 Å². The van der Waals surface area contributed by atoms with Gasteiger partial charge in [0.2, 0.25) is 0 Å².